The summed E-state index contributed by atoms with van der Waals surface area (Å²) in [7, 11) is 0. The average molecular weight is 263 g/mol. The Morgan fingerprint density at radius 1 is 1.37 bits per heavy atom. The van der Waals surface area contributed by atoms with Gasteiger partial charge in [-0.05, 0) is 51.5 Å². The second-order valence-corrected chi connectivity index (χ2v) is 6.36. The van der Waals surface area contributed by atoms with E-state index in [4.69, 9.17) is 5.73 Å². The third-order valence-electron chi connectivity index (χ3n) is 4.62. The number of aromatic nitrogens is 2. The van der Waals surface area contributed by atoms with Crippen LogP contribution in [-0.4, -0.2) is 15.3 Å². The van der Waals surface area contributed by atoms with Crippen LogP contribution in [0.15, 0.2) is 6.07 Å². The van der Waals surface area contributed by atoms with Gasteiger partial charge in [-0.1, -0.05) is 19.8 Å². The zero-order valence-corrected chi connectivity index (χ0v) is 12.8. The Balaban J connectivity index is 1.98. The highest BCUT2D eigenvalue weighted by molar-refractivity contribution is 5.13. The van der Waals surface area contributed by atoms with E-state index in [2.05, 4.69) is 36.6 Å². The number of hydrogen-bond donors (Lipinski definition) is 1. The molecular weight excluding hydrogens is 234 g/mol. The van der Waals surface area contributed by atoms with Crippen LogP contribution >= 0.6 is 0 Å². The Morgan fingerprint density at radius 3 is 2.63 bits per heavy atom. The molecule has 0 saturated heterocycles. The van der Waals surface area contributed by atoms with Crippen LogP contribution in [0.25, 0.3) is 0 Å². The fourth-order valence-corrected chi connectivity index (χ4v) is 3.50. The smallest absolute Gasteiger partial charge is 0.0596 e. The van der Waals surface area contributed by atoms with E-state index in [0.29, 0.717) is 0 Å². The predicted octanol–water partition coefficient (Wildman–Crippen LogP) is 3.44. The van der Waals surface area contributed by atoms with Gasteiger partial charge >= 0.3 is 0 Å². The van der Waals surface area contributed by atoms with E-state index in [1.165, 1.54) is 44.2 Å². The molecule has 3 heteroatoms. The van der Waals surface area contributed by atoms with Crippen molar-refractivity contribution in [2.24, 2.45) is 11.7 Å². The van der Waals surface area contributed by atoms with E-state index in [9.17, 15) is 0 Å². The van der Waals surface area contributed by atoms with Gasteiger partial charge < -0.3 is 5.73 Å². The lowest BCUT2D eigenvalue weighted by Gasteiger charge is -2.37. The van der Waals surface area contributed by atoms with Gasteiger partial charge in [0.25, 0.3) is 0 Å². The first-order chi connectivity index (χ1) is 9.06. The van der Waals surface area contributed by atoms with Gasteiger partial charge in [-0.25, -0.2) is 0 Å². The van der Waals surface area contributed by atoms with E-state index in [1.54, 1.807) is 0 Å². The Kier molecular flexibility index (Phi) is 4.67. The van der Waals surface area contributed by atoms with Gasteiger partial charge in [0.05, 0.1) is 5.69 Å². The van der Waals surface area contributed by atoms with Crippen molar-refractivity contribution in [3.05, 3.63) is 17.5 Å². The summed E-state index contributed by atoms with van der Waals surface area (Å²) >= 11 is 0. The number of hydrogen-bond acceptors (Lipinski definition) is 2. The first-order valence-electron chi connectivity index (χ1n) is 7.88. The molecule has 1 heterocycles. The molecule has 0 aromatic carbocycles. The zero-order chi connectivity index (χ0) is 13.9. The van der Waals surface area contributed by atoms with Crippen molar-refractivity contribution in [1.82, 2.24) is 9.78 Å². The molecular formula is C16H29N3. The topological polar surface area (TPSA) is 43.8 Å². The highest BCUT2D eigenvalue weighted by atomic mass is 15.3. The Labute approximate surface area is 117 Å². The molecule has 1 saturated carbocycles. The normalized spacial score (nSPS) is 27.7. The van der Waals surface area contributed by atoms with Gasteiger partial charge in [0, 0.05) is 24.2 Å². The summed E-state index contributed by atoms with van der Waals surface area (Å²) in [5.74, 6) is 0.916. The maximum absolute atomic E-state index is 6.64. The van der Waals surface area contributed by atoms with Gasteiger partial charge in [0.1, 0.15) is 0 Å². The molecule has 0 aliphatic heterocycles. The lowest BCUT2D eigenvalue weighted by molar-refractivity contribution is 0.220. The van der Waals surface area contributed by atoms with Crippen LogP contribution in [0.4, 0.5) is 0 Å². The van der Waals surface area contributed by atoms with Crippen LogP contribution in [0.1, 0.15) is 63.8 Å². The number of aryl methyl sites for hydroxylation is 2. The van der Waals surface area contributed by atoms with Crippen LogP contribution in [0.3, 0.4) is 0 Å². The molecule has 0 bridgehead atoms. The lowest BCUT2D eigenvalue weighted by atomic mass is 9.73. The summed E-state index contributed by atoms with van der Waals surface area (Å²) in [6.45, 7) is 7.44. The summed E-state index contributed by atoms with van der Waals surface area (Å²) in [5, 5.41) is 4.53. The van der Waals surface area contributed by atoms with Crippen LogP contribution in [0, 0.1) is 12.8 Å². The summed E-state index contributed by atoms with van der Waals surface area (Å²) in [5.41, 5.74) is 9.07. The number of nitrogens with zero attached hydrogens (tertiary/aromatic N) is 2. The van der Waals surface area contributed by atoms with E-state index in [1.807, 2.05) is 0 Å². The van der Waals surface area contributed by atoms with Crippen molar-refractivity contribution < 1.29 is 0 Å². The Hall–Kier alpha value is -0.830. The van der Waals surface area contributed by atoms with Gasteiger partial charge in [0.15, 0.2) is 0 Å². The molecule has 2 rings (SSSR count). The lowest BCUT2D eigenvalue weighted by Crippen LogP contribution is -2.45. The monoisotopic (exact) mass is 263 g/mol. The number of nitrogens with two attached hydrogens (primary N) is 1. The molecule has 19 heavy (non-hydrogen) atoms. The molecule has 1 aliphatic rings. The van der Waals surface area contributed by atoms with Crippen LogP contribution in [0.5, 0.6) is 0 Å². The second-order valence-electron chi connectivity index (χ2n) is 6.36. The largest absolute Gasteiger partial charge is 0.325 e. The first kappa shape index (κ1) is 14.6. The van der Waals surface area contributed by atoms with E-state index < -0.39 is 0 Å². The van der Waals surface area contributed by atoms with Crippen molar-refractivity contribution in [2.45, 2.75) is 77.8 Å². The molecule has 2 N–H and O–H groups in total. The molecule has 0 amide bonds. The van der Waals surface area contributed by atoms with E-state index in [-0.39, 0.29) is 5.54 Å². The summed E-state index contributed by atoms with van der Waals surface area (Å²) in [6, 6.07) is 2.20. The Bertz CT molecular complexity index is 400. The van der Waals surface area contributed by atoms with Crippen molar-refractivity contribution in [3.8, 4) is 0 Å². The quantitative estimate of drug-likeness (QED) is 0.884. The fraction of sp³-hybridized carbons (Fsp3) is 0.812. The summed E-state index contributed by atoms with van der Waals surface area (Å²) in [4.78, 5) is 0. The molecule has 1 fully saturated rings. The van der Waals surface area contributed by atoms with Crippen LogP contribution in [-0.2, 0) is 13.0 Å². The summed E-state index contributed by atoms with van der Waals surface area (Å²) in [6.07, 6.45) is 8.64. The van der Waals surface area contributed by atoms with Crippen molar-refractivity contribution in [3.63, 3.8) is 0 Å². The van der Waals surface area contributed by atoms with Crippen molar-refractivity contribution >= 4 is 0 Å². The zero-order valence-electron chi connectivity index (χ0n) is 12.8. The van der Waals surface area contributed by atoms with Gasteiger partial charge in [0.2, 0.25) is 0 Å². The van der Waals surface area contributed by atoms with E-state index >= 15 is 0 Å². The average Bonchev–Trinajstić information content (AvgIpc) is 2.72. The molecule has 0 unspecified atom stereocenters. The third-order valence-corrected chi connectivity index (χ3v) is 4.62. The molecule has 108 valence electrons. The molecule has 1 aliphatic carbocycles. The van der Waals surface area contributed by atoms with Crippen LogP contribution in [0.2, 0.25) is 0 Å². The minimum absolute atomic E-state index is 0.00361. The Morgan fingerprint density at radius 2 is 2.05 bits per heavy atom. The van der Waals surface area contributed by atoms with Crippen molar-refractivity contribution in [1.29, 1.82) is 0 Å². The predicted molar refractivity (Wildman–Crippen MR) is 80.1 cm³/mol. The highest BCUT2D eigenvalue weighted by Crippen LogP contribution is 2.34. The molecule has 3 nitrogen and oxygen atoms in total. The van der Waals surface area contributed by atoms with Gasteiger partial charge in [-0.3, -0.25) is 4.68 Å². The minimum Gasteiger partial charge on any atom is -0.325 e. The molecule has 1 aromatic heterocycles. The standard InChI is InChI=1S/C16H29N3/c1-4-6-14-7-9-16(17,10-8-14)12-15-11-13(3)18-19(15)5-2/h11,14H,4-10,12,17H2,1-3H3. The summed E-state index contributed by atoms with van der Waals surface area (Å²) < 4.78 is 2.11. The number of rotatable bonds is 5. The van der Waals surface area contributed by atoms with Crippen molar-refractivity contribution in [2.75, 3.05) is 0 Å². The van der Waals surface area contributed by atoms with E-state index in [0.717, 1.165) is 24.6 Å². The van der Waals surface area contributed by atoms with Crippen LogP contribution < -0.4 is 5.73 Å². The molecule has 0 radical (unpaired) electrons. The maximum Gasteiger partial charge on any atom is 0.0596 e. The molecule has 0 spiro atoms. The third kappa shape index (κ3) is 3.59. The van der Waals surface area contributed by atoms with Gasteiger partial charge in [-0.15, -0.1) is 0 Å². The second kappa shape index (κ2) is 6.08. The first-order valence-corrected chi connectivity index (χ1v) is 7.88. The minimum atomic E-state index is 0.00361. The SMILES string of the molecule is CCCC1CCC(N)(Cc2cc(C)nn2CC)CC1. The molecule has 0 atom stereocenters. The highest BCUT2D eigenvalue weighted by Gasteiger charge is 2.32. The molecule has 1 aromatic rings. The maximum atomic E-state index is 6.64. The van der Waals surface area contributed by atoms with Gasteiger partial charge in [-0.2, -0.15) is 5.10 Å². The fourth-order valence-electron chi connectivity index (χ4n) is 3.50.